The minimum absolute atomic E-state index is 0.741. The summed E-state index contributed by atoms with van der Waals surface area (Å²) in [5, 5.41) is 18.6. The molecule has 0 radical (unpaired) electrons. The van der Waals surface area contributed by atoms with Crippen LogP contribution in [0.4, 0.5) is 0 Å². The van der Waals surface area contributed by atoms with Crippen molar-refractivity contribution in [3.8, 4) is 10.7 Å². The van der Waals surface area contributed by atoms with Gasteiger partial charge in [-0.1, -0.05) is 11.3 Å². The summed E-state index contributed by atoms with van der Waals surface area (Å²) in [7, 11) is 0. The molecule has 0 aliphatic heterocycles. The van der Waals surface area contributed by atoms with E-state index in [4.69, 9.17) is 0 Å². The Bertz CT molecular complexity index is 341. The van der Waals surface area contributed by atoms with Gasteiger partial charge in [0.25, 0.3) is 0 Å². The Morgan fingerprint density at radius 3 is 2.91 bits per heavy atom. The monoisotopic (exact) mass is 279 g/mol. The van der Waals surface area contributed by atoms with Crippen LogP contribution in [0, 0.1) is 3.01 Å². The normalized spacial score (nSPS) is 10.3. The summed E-state index contributed by atoms with van der Waals surface area (Å²) < 4.78 is 0.903. The molecule has 11 heavy (non-hydrogen) atoms. The fourth-order valence-corrected chi connectivity index (χ4v) is 1.87. The summed E-state index contributed by atoms with van der Waals surface area (Å²) in [6.07, 6.45) is 1.62. The molecule has 0 saturated heterocycles. The molecule has 2 rings (SSSR count). The second kappa shape index (κ2) is 2.81. The Balaban J connectivity index is 2.45. The molecule has 0 aliphatic rings. The highest BCUT2D eigenvalue weighted by molar-refractivity contribution is 14.1. The van der Waals surface area contributed by atoms with Gasteiger partial charge >= 0.3 is 0 Å². The maximum absolute atomic E-state index is 3.90. The van der Waals surface area contributed by atoms with E-state index in [1.165, 1.54) is 11.3 Å². The molecule has 7 heteroatoms. The van der Waals surface area contributed by atoms with Crippen LogP contribution in [0.1, 0.15) is 0 Å². The SMILES string of the molecule is Ic1nnc(-c2cn[nH]n2)s1. The van der Waals surface area contributed by atoms with E-state index in [1.807, 2.05) is 0 Å². The van der Waals surface area contributed by atoms with Crippen LogP contribution in [-0.4, -0.2) is 25.6 Å². The van der Waals surface area contributed by atoms with E-state index in [1.54, 1.807) is 6.20 Å². The van der Waals surface area contributed by atoms with Gasteiger partial charge in [-0.25, -0.2) is 0 Å². The molecular weight excluding hydrogens is 277 g/mol. The molecule has 56 valence electrons. The molecule has 0 fully saturated rings. The topological polar surface area (TPSA) is 67.3 Å². The van der Waals surface area contributed by atoms with Crippen LogP contribution in [0.2, 0.25) is 0 Å². The van der Waals surface area contributed by atoms with Gasteiger partial charge in [0.1, 0.15) is 5.69 Å². The van der Waals surface area contributed by atoms with Crippen LogP contribution >= 0.6 is 33.9 Å². The molecule has 0 spiro atoms. The average molecular weight is 279 g/mol. The van der Waals surface area contributed by atoms with E-state index in [0.717, 1.165) is 13.7 Å². The summed E-state index contributed by atoms with van der Waals surface area (Å²) >= 11 is 3.60. The number of aromatic nitrogens is 5. The van der Waals surface area contributed by atoms with Crippen LogP contribution in [0.25, 0.3) is 10.7 Å². The van der Waals surface area contributed by atoms with E-state index < -0.39 is 0 Å². The Labute approximate surface area is 79.4 Å². The number of hydrogen-bond donors (Lipinski definition) is 1. The highest BCUT2D eigenvalue weighted by Crippen LogP contribution is 2.20. The maximum atomic E-state index is 3.90. The molecule has 0 bridgehead atoms. The fourth-order valence-electron chi connectivity index (χ4n) is 0.613. The quantitative estimate of drug-likeness (QED) is 0.788. The predicted molar refractivity (Wildman–Crippen MR) is 48.0 cm³/mol. The van der Waals surface area contributed by atoms with E-state index in [2.05, 4.69) is 48.2 Å². The third-order valence-corrected chi connectivity index (χ3v) is 2.65. The summed E-state index contributed by atoms with van der Waals surface area (Å²) in [5.74, 6) is 0. The number of aromatic amines is 1. The average Bonchev–Trinajstić information content (AvgIpc) is 2.55. The second-order valence-electron chi connectivity index (χ2n) is 1.72. The second-order valence-corrected chi connectivity index (χ2v) is 4.45. The maximum Gasteiger partial charge on any atom is 0.178 e. The van der Waals surface area contributed by atoms with Crippen molar-refractivity contribution in [2.24, 2.45) is 0 Å². The number of nitrogens with zero attached hydrogens (tertiary/aromatic N) is 4. The smallest absolute Gasteiger partial charge is 0.178 e. The summed E-state index contributed by atoms with van der Waals surface area (Å²) in [6, 6.07) is 0. The van der Waals surface area contributed by atoms with Crippen molar-refractivity contribution >= 4 is 33.9 Å². The summed E-state index contributed by atoms with van der Waals surface area (Å²) in [5.41, 5.74) is 0.741. The highest BCUT2D eigenvalue weighted by atomic mass is 127. The summed E-state index contributed by atoms with van der Waals surface area (Å²) in [6.45, 7) is 0. The first-order valence-corrected chi connectivity index (χ1v) is 4.61. The Kier molecular flexibility index (Phi) is 1.82. The lowest BCUT2D eigenvalue weighted by atomic mass is 10.5. The first kappa shape index (κ1) is 7.10. The van der Waals surface area contributed by atoms with E-state index >= 15 is 0 Å². The summed E-state index contributed by atoms with van der Waals surface area (Å²) in [4.78, 5) is 0. The van der Waals surface area contributed by atoms with Gasteiger partial charge in [0.05, 0.1) is 6.20 Å². The fraction of sp³-hybridized carbons (Fsp3) is 0. The van der Waals surface area contributed by atoms with Gasteiger partial charge in [-0.05, 0) is 22.6 Å². The van der Waals surface area contributed by atoms with Crippen LogP contribution in [0.3, 0.4) is 0 Å². The van der Waals surface area contributed by atoms with E-state index in [9.17, 15) is 0 Å². The zero-order valence-electron chi connectivity index (χ0n) is 5.15. The predicted octanol–water partition coefficient (Wildman–Crippen LogP) is 0.928. The van der Waals surface area contributed by atoms with Gasteiger partial charge in [0.2, 0.25) is 0 Å². The van der Waals surface area contributed by atoms with Gasteiger partial charge in [-0.2, -0.15) is 15.4 Å². The largest absolute Gasteiger partial charge is 0.197 e. The third-order valence-electron chi connectivity index (χ3n) is 1.03. The minimum atomic E-state index is 0.741. The lowest BCUT2D eigenvalue weighted by Gasteiger charge is -1.78. The molecule has 1 N–H and O–H groups in total. The van der Waals surface area contributed by atoms with Gasteiger partial charge < -0.3 is 0 Å². The van der Waals surface area contributed by atoms with Crippen molar-refractivity contribution in [1.29, 1.82) is 0 Å². The van der Waals surface area contributed by atoms with Gasteiger partial charge in [0.15, 0.2) is 8.02 Å². The standard InChI is InChI=1S/C4H2IN5S/c5-4-9-8-3(11-4)2-1-6-10-7-2/h1H,(H,6,7,10). The molecule has 0 atom stereocenters. The molecule has 5 nitrogen and oxygen atoms in total. The molecule has 2 heterocycles. The van der Waals surface area contributed by atoms with Crippen molar-refractivity contribution < 1.29 is 0 Å². The van der Waals surface area contributed by atoms with Crippen LogP contribution in [-0.2, 0) is 0 Å². The van der Waals surface area contributed by atoms with Gasteiger partial charge in [-0.3, -0.25) is 0 Å². The molecule has 0 amide bonds. The molecule has 2 aromatic heterocycles. The van der Waals surface area contributed by atoms with Gasteiger partial charge in [-0.15, -0.1) is 10.2 Å². The van der Waals surface area contributed by atoms with Crippen molar-refractivity contribution in [3.05, 3.63) is 9.21 Å². The highest BCUT2D eigenvalue weighted by Gasteiger charge is 2.05. The lowest BCUT2D eigenvalue weighted by Crippen LogP contribution is -1.75. The van der Waals surface area contributed by atoms with Crippen molar-refractivity contribution in [1.82, 2.24) is 25.6 Å². The molecule has 0 aromatic carbocycles. The Hall–Kier alpha value is -0.570. The molecule has 0 saturated carbocycles. The van der Waals surface area contributed by atoms with Crippen molar-refractivity contribution in [2.75, 3.05) is 0 Å². The van der Waals surface area contributed by atoms with Crippen LogP contribution < -0.4 is 0 Å². The zero-order valence-corrected chi connectivity index (χ0v) is 8.13. The molecule has 0 unspecified atom stereocenters. The Morgan fingerprint density at radius 1 is 1.45 bits per heavy atom. The zero-order chi connectivity index (χ0) is 7.68. The number of hydrogen-bond acceptors (Lipinski definition) is 5. The van der Waals surface area contributed by atoms with E-state index in [-0.39, 0.29) is 0 Å². The van der Waals surface area contributed by atoms with Crippen molar-refractivity contribution in [2.45, 2.75) is 0 Å². The number of nitrogens with one attached hydrogen (secondary N) is 1. The minimum Gasteiger partial charge on any atom is -0.197 e. The molecular formula is C4H2IN5S. The first-order chi connectivity index (χ1) is 5.36. The third kappa shape index (κ3) is 1.38. The lowest BCUT2D eigenvalue weighted by molar-refractivity contribution is 0.940. The van der Waals surface area contributed by atoms with Crippen LogP contribution in [0.5, 0.6) is 0 Å². The Morgan fingerprint density at radius 2 is 2.36 bits per heavy atom. The van der Waals surface area contributed by atoms with Gasteiger partial charge in [0, 0.05) is 0 Å². The molecule has 0 aliphatic carbocycles. The van der Waals surface area contributed by atoms with Crippen LogP contribution in [0.15, 0.2) is 6.20 Å². The van der Waals surface area contributed by atoms with Crippen molar-refractivity contribution in [3.63, 3.8) is 0 Å². The number of H-pyrrole nitrogens is 1. The molecule has 2 aromatic rings. The number of halogens is 1. The van der Waals surface area contributed by atoms with E-state index in [0.29, 0.717) is 0 Å². The first-order valence-electron chi connectivity index (χ1n) is 2.71. The number of rotatable bonds is 1.